The van der Waals surface area contributed by atoms with Crippen molar-refractivity contribution in [3.63, 3.8) is 0 Å². The first-order valence-electron chi connectivity index (χ1n) is 42.5. The molecular weight excluding hydrogens is 1790 g/mol. The molecule has 2 aromatic heterocycles. The van der Waals surface area contributed by atoms with Gasteiger partial charge in [0, 0.05) is 0 Å². The summed E-state index contributed by atoms with van der Waals surface area (Å²) in [6.07, 6.45) is 0. The molecule has 6 bridgehead atoms. The molecule has 4 aliphatic rings. The monoisotopic (exact) mass is 1860 g/mol. The zero-order valence-corrected chi connectivity index (χ0v) is 72.2. The standard InChI is InChI=1S/C112H64N8O8.Pb/c1-9-25-65(26-10-1)121-73-41-49-81-89(57-73)90-58-74(122-66-27-11-2-12-28-66)42-50-82(90)98-97(81)105-113-106(98)118-108-101-85-53-45-77(125-69-33-17-5-18-34-69)61-93(85)94-62-78(126-70-35-19-6-20-36-70)46-54-86(94)102(101)110(115-108)120-112-104-88-56-48-80(128-72-39-23-8-24-40-72)64-96(88)95-63-79(127-71-37-21-7-22-38-71)47-55-87(95)103(104)111(116-112)119-109-100-84-52-44-76(124-68-31-15-4-16-32-68)60-92(84)91-59-75(123-67-29-13-3-14-30-67)43-51-83(91)99(100)107(114-109)117-105;/h1-64H;/q-2;+2. The smallest absolute Gasteiger partial charge is 0.0586 e. The molecule has 604 valence electrons. The molecule has 0 amide bonds. The maximum absolute atomic E-state index is 6.88. The SMILES string of the molecule is c1ccc(Oc2ccc3c4c(c5ccc(Oc6ccccc6)cc5c3c2)C2=Nc3c5c6ccc(Oc7ccccc7)cc6c6cc(Oc7ccccc7)ccc6c5c5[n]3[Pb][n]3c(c6c7ccc(Oc8ccccc8)cc7c7cc(Oc8ccccc8)ccc7c6c3=NC3=NC(=N5)c5c3c3ccc(Oc6ccccc6)cc3c3cc(Oc6ccccc6)ccc53)=NC4=N2)cc1. The Balaban J connectivity index is 0.846. The average Bonchev–Trinajstić information content (AvgIpc) is 1.53. The number of aromatic nitrogens is 2. The van der Waals surface area contributed by atoms with E-state index in [0.717, 1.165) is 130 Å². The van der Waals surface area contributed by atoms with E-state index in [0.29, 0.717) is 138 Å². The van der Waals surface area contributed by atoms with E-state index in [2.05, 4.69) is 126 Å². The zero-order valence-electron chi connectivity index (χ0n) is 68.3. The molecule has 0 saturated carbocycles. The maximum atomic E-state index is 6.88. The van der Waals surface area contributed by atoms with E-state index < -0.39 is 24.8 Å². The van der Waals surface area contributed by atoms with Crippen molar-refractivity contribution in [3.8, 4) is 92.0 Å². The Morgan fingerprint density at radius 2 is 0.341 bits per heavy atom. The Morgan fingerprint density at radius 3 is 0.558 bits per heavy atom. The molecule has 0 unspecified atom stereocenters. The third kappa shape index (κ3) is 12.7. The quantitative estimate of drug-likeness (QED) is 0.0683. The van der Waals surface area contributed by atoms with Gasteiger partial charge in [-0.05, 0) is 0 Å². The topological polar surface area (TPSA) is 158 Å². The minimum atomic E-state index is -3.18. The van der Waals surface area contributed by atoms with E-state index in [9.17, 15) is 0 Å². The van der Waals surface area contributed by atoms with E-state index in [1.54, 1.807) is 0 Å². The molecule has 0 aliphatic carbocycles. The van der Waals surface area contributed by atoms with E-state index in [-0.39, 0.29) is 0 Å². The van der Waals surface area contributed by atoms with Gasteiger partial charge in [-0.1, -0.05) is 72.8 Å². The third-order valence-corrected chi connectivity index (χ3v) is 29.0. The van der Waals surface area contributed by atoms with Crippen molar-refractivity contribution in [3.05, 3.63) is 421 Å². The van der Waals surface area contributed by atoms with E-state index in [4.69, 9.17) is 67.8 Å². The predicted octanol–water partition coefficient (Wildman–Crippen LogP) is 28.0. The summed E-state index contributed by atoms with van der Waals surface area (Å²) in [5.41, 5.74) is 4.37. The Hall–Kier alpha value is -16.8. The predicted molar refractivity (Wildman–Crippen MR) is 513 cm³/mol. The van der Waals surface area contributed by atoms with Gasteiger partial charge in [0.25, 0.3) is 0 Å². The van der Waals surface area contributed by atoms with Crippen LogP contribution in [-0.4, -0.2) is 52.9 Å². The van der Waals surface area contributed by atoms with Crippen LogP contribution in [0, 0.1) is 0 Å². The second kappa shape index (κ2) is 30.0. The van der Waals surface area contributed by atoms with Crippen LogP contribution in [0.15, 0.2) is 418 Å². The summed E-state index contributed by atoms with van der Waals surface area (Å²) < 4.78 is 59.6. The van der Waals surface area contributed by atoms with Crippen LogP contribution in [0.25, 0.3) is 108 Å². The molecule has 0 N–H and O–H groups in total. The number of ether oxygens (including phenoxy) is 8. The summed E-state index contributed by atoms with van der Waals surface area (Å²) in [5.74, 6) is 13.7. The molecule has 0 fully saturated rings. The van der Waals surface area contributed by atoms with Gasteiger partial charge in [0.1, 0.15) is 0 Å². The van der Waals surface area contributed by atoms with Gasteiger partial charge in [0.15, 0.2) is 0 Å². The van der Waals surface area contributed by atoms with Crippen molar-refractivity contribution in [1.29, 1.82) is 0 Å². The molecule has 22 aromatic rings. The second-order valence-corrected chi connectivity index (χ2v) is 36.3. The van der Waals surface area contributed by atoms with Crippen LogP contribution in [0.1, 0.15) is 22.3 Å². The first kappa shape index (κ1) is 73.7. The third-order valence-electron chi connectivity index (χ3n) is 24.2. The molecule has 17 heteroatoms. The average molecular weight is 1860 g/mol. The fourth-order valence-corrected chi connectivity index (χ4v) is 23.4. The van der Waals surface area contributed by atoms with Crippen LogP contribution >= 0.6 is 0 Å². The number of amidine groups is 4. The number of hydrogen-bond donors (Lipinski definition) is 0. The normalized spacial score (nSPS) is 12.9. The van der Waals surface area contributed by atoms with Crippen molar-refractivity contribution in [2.75, 3.05) is 0 Å². The summed E-state index contributed by atoms with van der Waals surface area (Å²) in [6.45, 7) is 0. The number of rotatable bonds is 16. The minimum Gasteiger partial charge on any atom is -0.0586 e. The van der Waals surface area contributed by atoms with Gasteiger partial charge in [-0.2, -0.15) is 0 Å². The molecule has 2 radical (unpaired) electrons. The summed E-state index contributed by atoms with van der Waals surface area (Å²) in [6, 6.07) is 130. The fraction of sp³-hybridized carbons (Fsp3) is 0. The number of aliphatic imine (C=N–C) groups is 4. The first-order valence-corrected chi connectivity index (χ1v) is 46.0. The molecule has 16 nitrogen and oxygen atoms in total. The van der Waals surface area contributed by atoms with Gasteiger partial charge in [0.05, 0.1) is 0 Å². The number of nitrogens with zero attached hydrogens (tertiary/aromatic N) is 8. The van der Waals surface area contributed by atoms with Crippen molar-refractivity contribution in [2.24, 2.45) is 30.0 Å². The summed E-state index contributed by atoms with van der Waals surface area (Å²) in [7, 11) is 0. The van der Waals surface area contributed by atoms with Gasteiger partial charge in [-0.25, -0.2) is 0 Å². The van der Waals surface area contributed by atoms with Crippen molar-refractivity contribution >= 4 is 168 Å². The van der Waals surface area contributed by atoms with Crippen LogP contribution in [-0.2, 0) is 0 Å². The van der Waals surface area contributed by atoms with Gasteiger partial charge < -0.3 is 0 Å². The van der Waals surface area contributed by atoms with E-state index in [1.165, 1.54) is 0 Å². The minimum absolute atomic E-state index is 0.447. The second-order valence-electron chi connectivity index (χ2n) is 32.0. The van der Waals surface area contributed by atoms with Crippen molar-refractivity contribution < 1.29 is 37.9 Å². The number of fused-ring (bicyclic) bond motifs is 34. The molecule has 129 heavy (non-hydrogen) atoms. The van der Waals surface area contributed by atoms with E-state index in [1.807, 2.05) is 267 Å². The van der Waals surface area contributed by atoms with Gasteiger partial charge in [-0.15, -0.1) is 0 Å². The van der Waals surface area contributed by atoms with Crippen LogP contribution in [0.4, 0.5) is 11.6 Å². The van der Waals surface area contributed by atoms with Crippen LogP contribution in [0.3, 0.4) is 0 Å². The first-order chi connectivity index (χ1) is 63.8. The number of hydrogen-bond acceptors (Lipinski definition) is 14. The van der Waals surface area contributed by atoms with Crippen LogP contribution in [0.5, 0.6) is 92.0 Å². The Kier molecular flexibility index (Phi) is 17.1. The molecule has 20 aromatic carbocycles. The van der Waals surface area contributed by atoms with Crippen LogP contribution < -0.4 is 48.9 Å². The summed E-state index contributed by atoms with van der Waals surface area (Å²) >= 11 is -3.18. The summed E-state index contributed by atoms with van der Waals surface area (Å²) in [4.78, 5) is 37.2. The molecule has 4 aliphatic heterocycles. The van der Waals surface area contributed by atoms with E-state index >= 15 is 0 Å². The summed E-state index contributed by atoms with van der Waals surface area (Å²) in [5, 5.41) is 17.3. The van der Waals surface area contributed by atoms with Crippen molar-refractivity contribution in [1.82, 2.24) is 4.75 Å². The fourth-order valence-electron chi connectivity index (χ4n) is 18.7. The number of para-hydroxylation sites is 8. The zero-order chi connectivity index (χ0) is 84.7. The molecule has 0 saturated heterocycles. The Morgan fingerprint density at radius 1 is 0.155 bits per heavy atom. The van der Waals surface area contributed by atoms with Crippen LogP contribution in [0.2, 0.25) is 0 Å². The van der Waals surface area contributed by atoms with Gasteiger partial charge in [0.2, 0.25) is 0 Å². The molecule has 0 spiro atoms. The van der Waals surface area contributed by atoms with Gasteiger partial charge in [-0.3, -0.25) is 0 Å². The Labute approximate surface area is 748 Å². The Bertz CT molecular complexity index is 8300. The number of benzene rings is 20. The van der Waals surface area contributed by atoms with Crippen molar-refractivity contribution in [2.45, 2.75) is 0 Å². The molecule has 6 heterocycles. The molecular formula is C112H64N8O8Pb. The van der Waals surface area contributed by atoms with Gasteiger partial charge >= 0.3 is 681 Å². The molecule has 26 rings (SSSR count). The molecule has 0 atom stereocenters.